The van der Waals surface area contributed by atoms with Crippen molar-refractivity contribution in [3.8, 4) is 0 Å². The summed E-state index contributed by atoms with van der Waals surface area (Å²) < 4.78 is 0. The Balaban J connectivity index is 2.08. The van der Waals surface area contributed by atoms with E-state index >= 15 is 0 Å². The second-order valence-electron chi connectivity index (χ2n) is 5.59. The number of aryl methyl sites for hydroxylation is 2. The highest BCUT2D eigenvalue weighted by Gasteiger charge is 2.28. The van der Waals surface area contributed by atoms with Gasteiger partial charge in [-0.15, -0.1) is 16.4 Å². The molecule has 5 nitrogen and oxygen atoms in total. The molecule has 4 N–H and O–H groups in total. The molecule has 2 aromatic heterocycles. The average molecular weight is 313 g/mol. The van der Waals surface area contributed by atoms with Crippen molar-refractivity contribution in [3.63, 3.8) is 0 Å². The molecular formula is C16H19N5S. The van der Waals surface area contributed by atoms with E-state index in [9.17, 15) is 0 Å². The van der Waals surface area contributed by atoms with Crippen LogP contribution in [0.4, 0.5) is 0 Å². The first-order valence-corrected chi connectivity index (χ1v) is 8.08. The molecule has 1 unspecified atom stereocenters. The highest BCUT2D eigenvalue weighted by molar-refractivity contribution is 7.10. The Morgan fingerprint density at radius 3 is 2.73 bits per heavy atom. The van der Waals surface area contributed by atoms with Gasteiger partial charge in [0.25, 0.3) is 0 Å². The first kappa shape index (κ1) is 14.7. The number of rotatable bonds is 2. The maximum atomic E-state index is 5.43. The number of nitrogens with two attached hydrogens (primary N) is 2. The molecule has 0 saturated carbocycles. The summed E-state index contributed by atoms with van der Waals surface area (Å²) in [4.78, 5) is 5.95. The number of nitrogens with zero attached hydrogens (tertiary/aromatic N) is 3. The molecule has 0 aromatic carbocycles. The number of hydrogen-bond acceptors (Lipinski definition) is 4. The third kappa shape index (κ3) is 2.74. The SMILES string of the molecule is Cc1ccsc1C1CC(=NN=C(N)N)c2c(C)ccnc2C1. The van der Waals surface area contributed by atoms with Gasteiger partial charge in [0.05, 0.1) is 11.4 Å². The van der Waals surface area contributed by atoms with Crippen molar-refractivity contribution in [3.05, 3.63) is 51.0 Å². The highest BCUT2D eigenvalue weighted by atomic mass is 32.1. The quantitative estimate of drug-likeness (QED) is 0.507. The van der Waals surface area contributed by atoms with Crippen LogP contribution >= 0.6 is 11.3 Å². The summed E-state index contributed by atoms with van der Waals surface area (Å²) in [5, 5.41) is 10.3. The Bertz CT molecular complexity index is 756. The van der Waals surface area contributed by atoms with E-state index in [0.717, 1.165) is 35.4 Å². The molecule has 1 aliphatic carbocycles. The van der Waals surface area contributed by atoms with E-state index in [0.29, 0.717) is 5.92 Å². The summed E-state index contributed by atoms with van der Waals surface area (Å²) in [6.45, 7) is 4.22. The zero-order chi connectivity index (χ0) is 15.7. The van der Waals surface area contributed by atoms with Gasteiger partial charge >= 0.3 is 0 Å². The molecule has 0 spiro atoms. The fourth-order valence-corrected chi connectivity index (χ4v) is 4.03. The van der Waals surface area contributed by atoms with Gasteiger partial charge in [-0.2, -0.15) is 5.10 Å². The number of pyridine rings is 1. The molecule has 0 amide bonds. The molecule has 114 valence electrons. The van der Waals surface area contributed by atoms with Crippen LogP contribution < -0.4 is 11.5 Å². The lowest BCUT2D eigenvalue weighted by Gasteiger charge is -2.25. The Hall–Kier alpha value is -2.21. The molecule has 0 saturated heterocycles. The minimum absolute atomic E-state index is 0.0231. The Labute approximate surface area is 133 Å². The van der Waals surface area contributed by atoms with E-state index in [1.807, 2.05) is 12.3 Å². The molecule has 0 fully saturated rings. The lowest BCUT2D eigenvalue weighted by atomic mass is 9.82. The molecular weight excluding hydrogens is 294 g/mol. The van der Waals surface area contributed by atoms with E-state index in [2.05, 4.69) is 40.5 Å². The number of guanidine groups is 1. The summed E-state index contributed by atoms with van der Waals surface area (Å²) >= 11 is 1.79. The molecule has 22 heavy (non-hydrogen) atoms. The van der Waals surface area contributed by atoms with Gasteiger partial charge in [-0.05, 0) is 48.9 Å². The maximum Gasteiger partial charge on any atom is 0.211 e. The van der Waals surface area contributed by atoms with Crippen LogP contribution in [0.25, 0.3) is 0 Å². The van der Waals surface area contributed by atoms with Crippen LogP contribution in [-0.2, 0) is 6.42 Å². The number of thiophene rings is 1. The van der Waals surface area contributed by atoms with Gasteiger partial charge in [-0.3, -0.25) is 4.98 Å². The molecule has 6 heteroatoms. The zero-order valence-electron chi connectivity index (χ0n) is 12.7. The third-order valence-electron chi connectivity index (χ3n) is 3.96. The lowest BCUT2D eigenvalue weighted by Crippen LogP contribution is -2.24. The summed E-state index contributed by atoms with van der Waals surface area (Å²) in [6.07, 6.45) is 3.62. The van der Waals surface area contributed by atoms with Crippen LogP contribution in [0.2, 0.25) is 0 Å². The second-order valence-corrected chi connectivity index (χ2v) is 6.54. The van der Waals surface area contributed by atoms with Crippen molar-refractivity contribution in [1.29, 1.82) is 0 Å². The molecule has 3 rings (SSSR count). The Kier molecular flexibility index (Phi) is 3.94. The van der Waals surface area contributed by atoms with Gasteiger partial charge in [-0.25, -0.2) is 0 Å². The first-order chi connectivity index (χ1) is 10.6. The molecule has 1 aliphatic rings. The van der Waals surface area contributed by atoms with Crippen molar-refractivity contribution < 1.29 is 0 Å². The third-order valence-corrected chi connectivity index (χ3v) is 5.15. The van der Waals surface area contributed by atoms with E-state index in [1.165, 1.54) is 10.4 Å². The molecule has 0 radical (unpaired) electrons. The number of aromatic nitrogens is 1. The minimum Gasteiger partial charge on any atom is -0.369 e. The smallest absolute Gasteiger partial charge is 0.211 e. The van der Waals surface area contributed by atoms with Crippen molar-refractivity contribution >= 4 is 23.0 Å². The molecule has 0 bridgehead atoms. The highest BCUT2D eigenvalue weighted by Crippen LogP contribution is 2.37. The number of hydrogen-bond donors (Lipinski definition) is 2. The fraction of sp³-hybridized carbons (Fsp3) is 0.312. The molecule has 1 atom stereocenters. The van der Waals surface area contributed by atoms with Crippen molar-refractivity contribution in [2.24, 2.45) is 21.7 Å². The maximum absolute atomic E-state index is 5.43. The topological polar surface area (TPSA) is 89.6 Å². The van der Waals surface area contributed by atoms with Gasteiger partial charge in [0.2, 0.25) is 5.96 Å². The van der Waals surface area contributed by atoms with E-state index in [4.69, 9.17) is 11.5 Å². The van der Waals surface area contributed by atoms with Crippen LogP contribution in [0.15, 0.2) is 33.9 Å². The van der Waals surface area contributed by atoms with E-state index in [-0.39, 0.29) is 5.96 Å². The minimum atomic E-state index is -0.0231. The summed E-state index contributed by atoms with van der Waals surface area (Å²) in [6, 6.07) is 4.16. The average Bonchev–Trinajstić information content (AvgIpc) is 2.90. The molecule has 2 aromatic rings. The van der Waals surface area contributed by atoms with Crippen LogP contribution in [0.1, 0.15) is 39.6 Å². The standard InChI is InChI=1S/C16H19N5S/c1-9-3-5-19-12-7-11(15-10(2)4-6-22-15)8-13(14(9)12)20-21-16(17)18/h3-6,11H,7-8H2,1-2H3,(H4,17,18,21). The largest absolute Gasteiger partial charge is 0.369 e. The van der Waals surface area contributed by atoms with Crippen LogP contribution in [0.5, 0.6) is 0 Å². The predicted octanol–water partition coefficient (Wildman–Crippen LogP) is 2.47. The fourth-order valence-electron chi connectivity index (χ4n) is 3.00. The zero-order valence-corrected chi connectivity index (χ0v) is 13.5. The predicted molar refractivity (Wildman–Crippen MR) is 91.4 cm³/mol. The van der Waals surface area contributed by atoms with Crippen molar-refractivity contribution in [1.82, 2.24) is 4.98 Å². The summed E-state index contributed by atoms with van der Waals surface area (Å²) in [5.41, 5.74) is 16.4. The monoisotopic (exact) mass is 313 g/mol. The van der Waals surface area contributed by atoms with Gasteiger partial charge in [0, 0.05) is 29.0 Å². The van der Waals surface area contributed by atoms with Crippen LogP contribution in [0, 0.1) is 13.8 Å². The van der Waals surface area contributed by atoms with Crippen molar-refractivity contribution in [2.45, 2.75) is 32.6 Å². The van der Waals surface area contributed by atoms with Gasteiger partial charge in [0.1, 0.15) is 0 Å². The normalized spacial score (nSPS) is 19.0. The second kappa shape index (κ2) is 5.88. The Morgan fingerprint density at radius 2 is 2.05 bits per heavy atom. The summed E-state index contributed by atoms with van der Waals surface area (Å²) in [7, 11) is 0. The van der Waals surface area contributed by atoms with Gasteiger partial charge < -0.3 is 11.5 Å². The van der Waals surface area contributed by atoms with Crippen LogP contribution in [0.3, 0.4) is 0 Å². The van der Waals surface area contributed by atoms with Gasteiger partial charge in [0.15, 0.2) is 0 Å². The summed E-state index contributed by atoms with van der Waals surface area (Å²) in [5.74, 6) is 0.361. The molecule has 0 aliphatic heterocycles. The van der Waals surface area contributed by atoms with Gasteiger partial charge in [-0.1, -0.05) is 0 Å². The van der Waals surface area contributed by atoms with Crippen LogP contribution in [-0.4, -0.2) is 16.7 Å². The Morgan fingerprint density at radius 1 is 1.23 bits per heavy atom. The van der Waals surface area contributed by atoms with E-state index < -0.39 is 0 Å². The molecule has 2 heterocycles. The first-order valence-electron chi connectivity index (χ1n) is 7.20. The lowest BCUT2D eigenvalue weighted by molar-refractivity contribution is 0.685. The number of fused-ring (bicyclic) bond motifs is 1. The van der Waals surface area contributed by atoms with E-state index in [1.54, 1.807) is 11.3 Å². The van der Waals surface area contributed by atoms with Crippen molar-refractivity contribution in [2.75, 3.05) is 0 Å².